The third-order valence-corrected chi connectivity index (χ3v) is 4.74. The Kier molecular flexibility index (Phi) is 40.6. The molecule has 0 amide bonds. The molecule has 0 saturated carbocycles. The standard InChI is InChI=1S/4C7H8N2O.2FH2O3P.2Ni.2H2O/c4*1-6(9-10)7-4-2-3-5-8-7;2*1-5(2,3)4;;;;/h4*2-5,10H,1H3;2*(H2,2,3,4);;;2*1H2/q;;;;;;2*+2;;/p-4/b4*9-6+;;;;;;. The topological polar surface area (TPSA) is 371 Å². The third kappa shape index (κ3) is 38.8. The van der Waals surface area contributed by atoms with Crippen LogP contribution in [0.5, 0.6) is 0 Å². The first-order chi connectivity index (χ1) is 23.4. The molecule has 0 bridgehead atoms. The number of aromatic nitrogens is 4. The van der Waals surface area contributed by atoms with Gasteiger partial charge in [0.25, 0.3) is 0 Å². The molecule has 26 heteroatoms. The van der Waals surface area contributed by atoms with E-state index in [-0.39, 0.29) is 43.9 Å². The van der Waals surface area contributed by atoms with E-state index < -0.39 is 15.8 Å². The van der Waals surface area contributed by atoms with Gasteiger partial charge in [0, 0.05) is 24.8 Å². The average Bonchev–Trinajstić information content (AvgIpc) is 3.11. The Morgan fingerprint density at radius 2 is 0.630 bits per heavy atom. The first-order valence-corrected chi connectivity index (χ1v) is 16.1. The predicted molar refractivity (Wildman–Crippen MR) is 178 cm³/mol. The van der Waals surface area contributed by atoms with Crippen molar-refractivity contribution in [2.45, 2.75) is 27.7 Å². The molecule has 8 N–H and O–H groups in total. The second-order valence-corrected chi connectivity index (χ2v) is 10.2. The maximum Gasteiger partial charge on any atom is 2.00 e. The van der Waals surface area contributed by atoms with Crippen LogP contribution in [0.25, 0.3) is 0 Å². The Balaban J connectivity index is -0.000000129. The molecular formula is C28H36F2N8Ni2O12P2. The van der Waals surface area contributed by atoms with Crippen molar-refractivity contribution in [3.63, 3.8) is 0 Å². The fraction of sp³-hybridized carbons (Fsp3) is 0.143. The zero-order valence-electron chi connectivity index (χ0n) is 28.3. The van der Waals surface area contributed by atoms with Crippen LogP contribution in [0.3, 0.4) is 0 Å². The predicted octanol–water partition coefficient (Wildman–Crippen LogP) is 1.03. The van der Waals surface area contributed by atoms with Crippen LogP contribution < -0.4 is 19.6 Å². The fourth-order valence-corrected chi connectivity index (χ4v) is 2.51. The number of hydrogen-bond acceptors (Lipinski definition) is 18. The molecule has 4 rings (SSSR count). The van der Waals surface area contributed by atoms with Crippen molar-refractivity contribution in [1.82, 2.24) is 19.9 Å². The normalized spacial score (nSPS) is 10.7. The van der Waals surface area contributed by atoms with Crippen LogP contribution in [0.1, 0.15) is 50.5 Å². The summed E-state index contributed by atoms with van der Waals surface area (Å²) in [6.07, 6.45) is 6.63. The summed E-state index contributed by atoms with van der Waals surface area (Å²) in [6.45, 7) is 6.79. The summed E-state index contributed by atoms with van der Waals surface area (Å²) >= 11 is 0. The quantitative estimate of drug-likeness (QED) is 0.0731. The van der Waals surface area contributed by atoms with Gasteiger partial charge < -0.3 is 60.5 Å². The van der Waals surface area contributed by atoms with Crippen molar-refractivity contribution in [2.24, 2.45) is 20.6 Å². The van der Waals surface area contributed by atoms with Crippen molar-refractivity contribution in [1.29, 1.82) is 0 Å². The average molecular weight is 894 g/mol. The van der Waals surface area contributed by atoms with Gasteiger partial charge in [-0.2, -0.15) is 0 Å². The van der Waals surface area contributed by atoms with Crippen molar-refractivity contribution < 1.29 is 102 Å². The number of oxime groups is 4. The number of nitrogens with zero attached hydrogens (tertiary/aromatic N) is 8. The maximum absolute atomic E-state index is 10.1. The minimum Gasteiger partial charge on any atom is -0.786 e. The van der Waals surface area contributed by atoms with Gasteiger partial charge >= 0.3 is 33.0 Å². The molecule has 304 valence electrons. The Morgan fingerprint density at radius 1 is 0.481 bits per heavy atom. The SMILES string of the molecule is C/C(=N\O)c1ccccn1.C/C(=N\O)c1ccccn1.C/C(=N\O)c1ccccn1.C/C(=N\O)c1ccccn1.O.O.O=P([O-])([O-])F.O=P([O-])([O-])F.[Ni+2].[Ni+2]. The summed E-state index contributed by atoms with van der Waals surface area (Å²) < 4.78 is 37.1. The summed E-state index contributed by atoms with van der Waals surface area (Å²) in [5, 5.41) is 45.4. The largest absolute Gasteiger partial charge is 2.00 e. The molecule has 0 aromatic carbocycles. The van der Waals surface area contributed by atoms with Crippen LogP contribution in [0.2, 0.25) is 0 Å². The van der Waals surface area contributed by atoms with E-state index in [4.69, 9.17) is 49.5 Å². The summed E-state index contributed by atoms with van der Waals surface area (Å²) in [5.74, 6) is 0. The van der Waals surface area contributed by atoms with Crippen molar-refractivity contribution in [3.8, 4) is 0 Å². The van der Waals surface area contributed by atoms with Gasteiger partial charge in [0.1, 0.15) is 38.7 Å². The van der Waals surface area contributed by atoms with E-state index in [1.54, 1.807) is 76.7 Å². The minimum absolute atomic E-state index is 0. The number of halogens is 2. The first kappa shape index (κ1) is 61.6. The van der Waals surface area contributed by atoms with E-state index >= 15 is 0 Å². The van der Waals surface area contributed by atoms with Crippen LogP contribution >= 0.6 is 15.8 Å². The molecule has 4 aromatic rings. The van der Waals surface area contributed by atoms with E-state index in [0.717, 1.165) is 0 Å². The minimum atomic E-state index is -5.64. The van der Waals surface area contributed by atoms with Gasteiger partial charge in [0.2, 0.25) is 0 Å². The third-order valence-electron chi connectivity index (χ3n) is 4.74. The van der Waals surface area contributed by atoms with Crippen LogP contribution in [0, 0.1) is 0 Å². The van der Waals surface area contributed by atoms with Crippen molar-refractivity contribution in [3.05, 3.63) is 120 Å². The molecule has 0 fully saturated rings. The molecule has 4 aromatic heterocycles. The molecule has 0 saturated heterocycles. The van der Waals surface area contributed by atoms with Gasteiger partial charge in [-0.1, -0.05) is 44.9 Å². The summed E-state index contributed by atoms with van der Waals surface area (Å²) in [4.78, 5) is 49.6. The molecule has 0 aliphatic heterocycles. The molecular weight excluding hydrogens is 858 g/mol. The first-order valence-electron chi connectivity index (χ1n) is 13.2. The van der Waals surface area contributed by atoms with Gasteiger partial charge in [-0.25, -0.2) is 8.39 Å². The van der Waals surface area contributed by atoms with E-state index in [1.165, 1.54) is 0 Å². The zero-order chi connectivity index (χ0) is 38.6. The Bertz CT molecular complexity index is 1470. The van der Waals surface area contributed by atoms with Gasteiger partial charge in [-0.15, -0.1) is 0 Å². The molecule has 4 heterocycles. The molecule has 0 aliphatic rings. The van der Waals surface area contributed by atoms with E-state index in [9.17, 15) is 8.39 Å². The van der Waals surface area contributed by atoms with E-state index in [0.29, 0.717) is 45.6 Å². The summed E-state index contributed by atoms with van der Waals surface area (Å²) in [6, 6.07) is 21.8. The Labute approximate surface area is 328 Å². The number of pyridine rings is 4. The second-order valence-electron chi connectivity index (χ2n) is 8.46. The molecule has 54 heavy (non-hydrogen) atoms. The molecule has 0 unspecified atom stereocenters. The molecule has 0 atom stereocenters. The van der Waals surface area contributed by atoms with Gasteiger partial charge in [0.15, 0.2) is 0 Å². The van der Waals surface area contributed by atoms with E-state index in [1.807, 2.05) is 48.5 Å². The zero-order valence-corrected chi connectivity index (χ0v) is 32.1. The maximum atomic E-state index is 10.1. The number of rotatable bonds is 4. The molecule has 20 nitrogen and oxygen atoms in total. The Hall–Kier alpha value is -4.45. The van der Waals surface area contributed by atoms with Gasteiger partial charge in [0.05, 0.1) is 22.8 Å². The van der Waals surface area contributed by atoms with Crippen molar-refractivity contribution >= 4 is 38.7 Å². The summed E-state index contributed by atoms with van der Waals surface area (Å²) in [7, 11) is -11.3. The van der Waals surface area contributed by atoms with Crippen LogP contribution in [0.4, 0.5) is 8.39 Å². The van der Waals surface area contributed by atoms with Gasteiger partial charge in [-0.3, -0.25) is 19.9 Å². The Morgan fingerprint density at radius 3 is 0.722 bits per heavy atom. The van der Waals surface area contributed by atoms with Crippen LogP contribution in [-0.4, -0.2) is 74.6 Å². The molecule has 0 radical (unpaired) electrons. The fourth-order valence-electron chi connectivity index (χ4n) is 2.51. The molecule has 0 spiro atoms. The second kappa shape index (κ2) is 35.6. The summed E-state index contributed by atoms with van der Waals surface area (Å²) in [5.41, 5.74) is 4.91. The molecule has 0 aliphatic carbocycles. The smallest absolute Gasteiger partial charge is 0.786 e. The van der Waals surface area contributed by atoms with Crippen LogP contribution in [-0.2, 0) is 42.1 Å². The van der Waals surface area contributed by atoms with Crippen LogP contribution in [0.15, 0.2) is 118 Å². The monoisotopic (exact) mass is 892 g/mol. The van der Waals surface area contributed by atoms with Crippen molar-refractivity contribution in [2.75, 3.05) is 0 Å². The number of hydrogen-bond donors (Lipinski definition) is 4. The van der Waals surface area contributed by atoms with Gasteiger partial charge in [-0.05, 0) is 76.2 Å². The van der Waals surface area contributed by atoms with E-state index in [2.05, 4.69) is 40.6 Å².